The summed E-state index contributed by atoms with van der Waals surface area (Å²) in [5.74, 6) is 0.290. The SMILES string of the molecule is CCC1(CC)C(=O)CC1Oc1c(Br)cc(Cl)cc1[N+](=O)[O-]. The molecule has 114 valence electrons. The van der Waals surface area contributed by atoms with Gasteiger partial charge in [0.25, 0.3) is 0 Å². The van der Waals surface area contributed by atoms with E-state index in [-0.39, 0.29) is 34.8 Å². The molecule has 0 saturated heterocycles. The molecule has 1 aromatic carbocycles. The molecule has 0 N–H and O–H groups in total. The summed E-state index contributed by atoms with van der Waals surface area (Å²) in [4.78, 5) is 22.5. The van der Waals surface area contributed by atoms with Crippen LogP contribution >= 0.6 is 27.5 Å². The van der Waals surface area contributed by atoms with Gasteiger partial charge in [0.2, 0.25) is 5.75 Å². The zero-order valence-corrected chi connectivity index (χ0v) is 14.0. The largest absolute Gasteiger partial charge is 0.481 e. The number of hydrogen-bond donors (Lipinski definition) is 0. The van der Waals surface area contributed by atoms with Crippen LogP contribution in [0.3, 0.4) is 0 Å². The third kappa shape index (κ3) is 2.66. The topological polar surface area (TPSA) is 69.4 Å². The Morgan fingerprint density at radius 2 is 2.10 bits per heavy atom. The standard InChI is InChI=1S/C14H15BrClNO4/c1-3-14(4-2)11(18)7-12(14)21-13-9(15)5-8(16)6-10(13)17(19)20/h5-6,12H,3-4,7H2,1-2H3. The van der Waals surface area contributed by atoms with Gasteiger partial charge in [0.1, 0.15) is 11.9 Å². The fourth-order valence-corrected chi connectivity index (χ4v) is 3.70. The molecule has 0 bridgehead atoms. The second-order valence-corrected chi connectivity index (χ2v) is 6.38. The van der Waals surface area contributed by atoms with Gasteiger partial charge in [-0.2, -0.15) is 0 Å². The number of benzene rings is 1. The Morgan fingerprint density at radius 1 is 1.48 bits per heavy atom. The van der Waals surface area contributed by atoms with Crippen LogP contribution in [0.25, 0.3) is 0 Å². The number of rotatable bonds is 5. The van der Waals surface area contributed by atoms with Crippen molar-refractivity contribution >= 4 is 39.0 Å². The molecule has 0 radical (unpaired) electrons. The maximum Gasteiger partial charge on any atom is 0.313 e. The Bertz CT molecular complexity index is 601. The second-order valence-electron chi connectivity index (χ2n) is 5.09. The van der Waals surface area contributed by atoms with E-state index in [0.29, 0.717) is 17.3 Å². The quantitative estimate of drug-likeness (QED) is 0.559. The van der Waals surface area contributed by atoms with E-state index >= 15 is 0 Å². The molecule has 5 nitrogen and oxygen atoms in total. The van der Waals surface area contributed by atoms with E-state index < -0.39 is 10.3 Å². The van der Waals surface area contributed by atoms with Crippen molar-refractivity contribution in [2.24, 2.45) is 5.41 Å². The molecule has 1 aliphatic carbocycles. The van der Waals surface area contributed by atoms with Crippen molar-refractivity contribution < 1.29 is 14.5 Å². The van der Waals surface area contributed by atoms with Crippen LogP contribution in [0.1, 0.15) is 33.1 Å². The zero-order valence-electron chi connectivity index (χ0n) is 11.7. The first-order valence-corrected chi connectivity index (χ1v) is 7.86. The van der Waals surface area contributed by atoms with Gasteiger partial charge in [-0.25, -0.2) is 0 Å². The summed E-state index contributed by atoms with van der Waals surface area (Å²) in [6, 6.07) is 2.80. The van der Waals surface area contributed by atoms with Gasteiger partial charge in [-0.15, -0.1) is 0 Å². The van der Waals surface area contributed by atoms with Crippen molar-refractivity contribution in [3.63, 3.8) is 0 Å². The van der Waals surface area contributed by atoms with Gasteiger partial charge in [0.15, 0.2) is 0 Å². The minimum Gasteiger partial charge on any atom is -0.481 e. The normalized spacial score (nSPS) is 20.0. The predicted molar refractivity (Wildman–Crippen MR) is 82.9 cm³/mol. The van der Waals surface area contributed by atoms with E-state index in [1.807, 2.05) is 13.8 Å². The molecule has 7 heteroatoms. The fourth-order valence-electron chi connectivity index (χ4n) is 2.81. The predicted octanol–water partition coefficient (Wildman–Crippen LogP) is 4.54. The number of carbonyl (C=O) groups is 1. The van der Waals surface area contributed by atoms with Crippen molar-refractivity contribution in [3.8, 4) is 5.75 Å². The Hall–Kier alpha value is -1.14. The lowest BCUT2D eigenvalue weighted by molar-refractivity contribution is -0.386. The highest BCUT2D eigenvalue weighted by Crippen LogP contribution is 2.48. The van der Waals surface area contributed by atoms with Crippen LogP contribution in [-0.4, -0.2) is 16.8 Å². The maximum atomic E-state index is 11.9. The molecule has 0 spiro atoms. The van der Waals surface area contributed by atoms with Crippen molar-refractivity contribution in [2.45, 2.75) is 39.2 Å². The summed E-state index contributed by atoms with van der Waals surface area (Å²) in [6.07, 6.45) is 1.27. The molecule has 2 rings (SSSR count). The van der Waals surface area contributed by atoms with Crippen LogP contribution in [0.2, 0.25) is 5.02 Å². The van der Waals surface area contributed by atoms with Gasteiger partial charge < -0.3 is 4.74 Å². The van der Waals surface area contributed by atoms with Crippen LogP contribution in [0.15, 0.2) is 16.6 Å². The van der Waals surface area contributed by atoms with Gasteiger partial charge in [0, 0.05) is 17.5 Å². The summed E-state index contributed by atoms with van der Waals surface area (Å²) in [6.45, 7) is 3.87. The van der Waals surface area contributed by atoms with Crippen LogP contribution in [0.5, 0.6) is 5.75 Å². The Balaban J connectivity index is 2.37. The second kappa shape index (κ2) is 5.93. The zero-order chi connectivity index (χ0) is 15.8. The molecule has 1 unspecified atom stereocenters. The highest BCUT2D eigenvalue weighted by atomic mass is 79.9. The van der Waals surface area contributed by atoms with E-state index in [1.165, 1.54) is 6.07 Å². The number of nitrogens with zero attached hydrogens (tertiary/aromatic N) is 1. The molecule has 0 heterocycles. The number of Topliss-reactive ketones (excluding diaryl/α,β-unsaturated/α-hetero) is 1. The minimum atomic E-state index is -0.536. The summed E-state index contributed by atoms with van der Waals surface area (Å²) >= 11 is 9.09. The average molecular weight is 377 g/mol. The molecule has 1 fully saturated rings. The molecule has 1 atom stereocenters. The molecule has 1 aromatic rings. The first-order valence-electron chi connectivity index (χ1n) is 6.69. The van der Waals surface area contributed by atoms with Gasteiger partial charge in [-0.05, 0) is 34.8 Å². The van der Waals surface area contributed by atoms with Crippen LogP contribution in [0, 0.1) is 15.5 Å². The van der Waals surface area contributed by atoms with E-state index in [2.05, 4.69) is 15.9 Å². The highest BCUT2D eigenvalue weighted by Gasteiger charge is 2.54. The molecule has 1 aliphatic rings. The van der Waals surface area contributed by atoms with E-state index in [0.717, 1.165) is 0 Å². The Labute approximate surface area is 135 Å². The highest BCUT2D eigenvalue weighted by molar-refractivity contribution is 9.10. The molecular weight excluding hydrogens is 362 g/mol. The molecule has 0 amide bonds. The number of halogens is 2. The Kier molecular flexibility index (Phi) is 4.58. The van der Waals surface area contributed by atoms with Crippen LogP contribution in [0.4, 0.5) is 5.69 Å². The van der Waals surface area contributed by atoms with Crippen LogP contribution < -0.4 is 4.74 Å². The molecule has 1 saturated carbocycles. The van der Waals surface area contributed by atoms with E-state index in [1.54, 1.807) is 6.07 Å². The third-order valence-electron chi connectivity index (χ3n) is 4.25. The summed E-state index contributed by atoms with van der Waals surface area (Å²) in [5, 5.41) is 11.4. The molecule has 21 heavy (non-hydrogen) atoms. The van der Waals surface area contributed by atoms with E-state index in [4.69, 9.17) is 16.3 Å². The van der Waals surface area contributed by atoms with Crippen molar-refractivity contribution in [1.82, 2.24) is 0 Å². The summed E-state index contributed by atoms with van der Waals surface area (Å²) in [7, 11) is 0. The van der Waals surface area contributed by atoms with Crippen molar-refractivity contribution in [3.05, 3.63) is 31.7 Å². The van der Waals surface area contributed by atoms with Gasteiger partial charge >= 0.3 is 5.69 Å². The maximum absolute atomic E-state index is 11.9. The van der Waals surface area contributed by atoms with Crippen molar-refractivity contribution in [1.29, 1.82) is 0 Å². The fraction of sp³-hybridized carbons (Fsp3) is 0.500. The van der Waals surface area contributed by atoms with Gasteiger partial charge in [-0.1, -0.05) is 25.4 Å². The number of nitro benzene ring substituents is 1. The minimum absolute atomic E-state index is 0.133. The van der Waals surface area contributed by atoms with Gasteiger partial charge in [-0.3, -0.25) is 14.9 Å². The number of hydrogen-bond acceptors (Lipinski definition) is 4. The smallest absolute Gasteiger partial charge is 0.313 e. The lowest BCUT2D eigenvalue weighted by Crippen LogP contribution is -2.56. The van der Waals surface area contributed by atoms with Crippen molar-refractivity contribution in [2.75, 3.05) is 0 Å². The lowest BCUT2D eigenvalue weighted by Gasteiger charge is -2.46. The molecule has 0 aromatic heterocycles. The van der Waals surface area contributed by atoms with Crippen LogP contribution in [-0.2, 0) is 4.79 Å². The average Bonchev–Trinajstić information content (AvgIpc) is 2.41. The number of ether oxygens (including phenoxy) is 1. The molecule has 0 aliphatic heterocycles. The third-order valence-corrected chi connectivity index (χ3v) is 5.06. The number of nitro groups is 1. The summed E-state index contributed by atoms with van der Waals surface area (Å²) in [5.41, 5.74) is -0.734. The monoisotopic (exact) mass is 375 g/mol. The number of carbonyl (C=O) groups excluding carboxylic acids is 1. The lowest BCUT2D eigenvalue weighted by atomic mass is 9.61. The summed E-state index contributed by atoms with van der Waals surface area (Å²) < 4.78 is 6.25. The first-order chi connectivity index (χ1) is 9.85. The Morgan fingerprint density at radius 3 is 2.57 bits per heavy atom. The first kappa shape index (κ1) is 16.2. The van der Waals surface area contributed by atoms with Gasteiger partial charge in [0.05, 0.1) is 14.8 Å². The molecular formula is C14H15BrClNO4. The van der Waals surface area contributed by atoms with E-state index in [9.17, 15) is 14.9 Å². The number of ketones is 1.